The van der Waals surface area contributed by atoms with E-state index in [1.807, 2.05) is 12.1 Å². The first kappa shape index (κ1) is 21.1. The van der Waals surface area contributed by atoms with Crippen LogP contribution in [0.5, 0.6) is 11.5 Å². The summed E-state index contributed by atoms with van der Waals surface area (Å²) in [5, 5.41) is 10.8. The lowest BCUT2D eigenvalue weighted by Gasteiger charge is -2.25. The van der Waals surface area contributed by atoms with Gasteiger partial charge in [0.2, 0.25) is 0 Å². The van der Waals surface area contributed by atoms with E-state index in [2.05, 4.69) is 19.9 Å². The number of benzene rings is 1. The molecule has 5 heteroatoms. The molecule has 0 aromatic heterocycles. The molecule has 1 aliphatic carbocycles. The first-order chi connectivity index (χ1) is 12.4. The predicted molar refractivity (Wildman–Crippen MR) is 107 cm³/mol. The highest BCUT2D eigenvalue weighted by Crippen LogP contribution is 2.50. The summed E-state index contributed by atoms with van der Waals surface area (Å²) in [5.74, 6) is 0.832. The summed E-state index contributed by atoms with van der Waals surface area (Å²) >= 11 is 0. The topological polar surface area (TPSA) is 55.8 Å². The van der Waals surface area contributed by atoms with E-state index in [-0.39, 0.29) is 11.7 Å². The van der Waals surface area contributed by atoms with Crippen molar-refractivity contribution in [3.8, 4) is 11.5 Å². The van der Waals surface area contributed by atoms with E-state index in [1.54, 1.807) is 6.92 Å². The summed E-state index contributed by atoms with van der Waals surface area (Å²) in [6.07, 6.45) is 9.56. The molecule has 2 rings (SSSR count). The first-order valence-corrected chi connectivity index (χ1v) is 11.8. The Kier molecular flexibility index (Phi) is 7.79. The maximum atomic E-state index is 12.6. The lowest BCUT2D eigenvalue weighted by molar-refractivity contribution is 0.283. The zero-order valence-corrected chi connectivity index (χ0v) is 17.5. The van der Waals surface area contributed by atoms with Crippen molar-refractivity contribution in [1.82, 2.24) is 0 Å². The summed E-state index contributed by atoms with van der Waals surface area (Å²) in [7, 11) is -3.21. The van der Waals surface area contributed by atoms with E-state index in [4.69, 9.17) is 9.05 Å². The second-order valence-corrected chi connectivity index (χ2v) is 9.26. The number of allylic oxidation sites excluding steroid dienone is 2. The van der Waals surface area contributed by atoms with E-state index in [0.717, 1.165) is 56.1 Å². The summed E-state index contributed by atoms with van der Waals surface area (Å²) in [6.45, 7) is 7.90. The summed E-state index contributed by atoms with van der Waals surface area (Å²) in [5.41, 5.74) is 3.08. The molecule has 4 nitrogen and oxygen atoms in total. The normalized spacial score (nSPS) is 19.7. The average molecular weight is 380 g/mol. The molecular formula is C21H33O4P. The van der Waals surface area contributed by atoms with Crippen molar-refractivity contribution in [2.75, 3.05) is 13.3 Å². The van der Waals surface area contributed by atoms with Crippen LogP contribution in [0.2, 0.25) is 0 Å². The van der Waals surface area contributed by atoms with E-state index < -0.39 is 7.60 Å². The summed E-state index contributed by atoms with van der Waals surface area (Å²) in [4.78, 5) is 0. The van der Waals surface area contributed by atoms with Gasteiger partial charge in [0.1, 0.15) is 11.5 Å². The van der Waals surface area contributed by atoms with Gasteiger partial charge in [-0.15, -0.1) is 0 Å². The molecule has 0 saturated heterocycles. The maximum absolute atomic E-state index is 12.6. The second-order valence-electron chi connectivity index (χ2n) is 7.28. The molecule has 1 unspecified atom stereocenters. The predicted octanol–water partition coefficient (Wildman–Crippen LogP) is 6.58. The van der Waals surface area contributed by atoms with Crippen LogP contribution in [-0.4, -0.2) is 18.4 Å². The van der Waals surface area contributed by atoms with Gasteiger partial charge in [0.25, 0.3) is 0 Å². The minimum Gasteiger partial charge on any atom is -0.507 e. The van der Waals surface area contributed by atoms with E-state index in [0.29, 0.717) is 12.4 Å². The fourth-order valence-corrected chi connectivity index (χ4v) is 4.65. The summed E-state index contributed by atoms with van der Waals surface area (Å²) in [6, 6.07) is 3.79. The van der Waals surface area contributed by atoms with Crippen LogP contribution >= 0.6 is 7.60 Å². The molecule has 1 aromatic rings. The van der Waals surface area contributed by atoms with Gasteiger partial charge in [0, 0.05) is 18.1 Å². The highest BCUT2D eigenvalue weighted by atomic mass is 31.2. The first-order valence-electron chi connectivity index (χ1n) is 9.81. The molecule has 0 fully saturated rings. The number of aryl methyl sites for hydroxylation is 1. The molecule has 0 radical (unpaired) electrons. The monoisotopic (exact) mass is 380 g/mol. The van der Waals surface area contributed by atoms with Crippen LogP contribution in [0.3, 0.4) is 0 Å². The maximum Gasteiger partial charge on any atom is 0.376 e. The fraction of sp³-hybridized carbons (Fsp3) is 0.619. The highest BCUT2D eigenvalue weighted by Gasteiger charge is 2.26. The molecule has 0 saturated carbocycles. The number of rotatable bonds is 9. The van der Waals surface area contributed by atoms with Gasteiger partial charge >= 0.3 is 7.60 Å². The highest BCUT2D eigenvalue weighted by molar-refractivity contribution is 7.53. The third kappa shape index (κ3) is 5.89. The van der Waals surface area contributed by atoms with Crippen LogP contribution in [0.1, 0.15) is 76.3 Å². The molecule has 1 aliphatic rings. The van der Waals surface area contributed by atoms with Gasteiger partial charge in [-0.2, -0.15) is 0 Å². The van der Waals surface area contributed by atoms with Crippen LogP contribution in [-0.2, 0) is 15.5 Å². The van der Waals surface area contributed by atoms with Crippen molar-refractivity contribution >= 4 is 7.60 Å². The quantitative estimate of drug-likeness (QED) is 0.299. The molecule has 2 atom stereocenters. The third-order valence-corrected chi connectivity index (χ3v) is 6.08. The van der Waals surface area contributed by atoms with Crippen LogP contribution in [0.4, 0.5) is 0 Å². The summed E-state index contributed by atoms with van der Waals surface area (Å²) < 4.78 is 23.8. The molecule has 0 bridgehead atoms. The zero-order valence-electron chi connectivity index (χ0n) is 16.6. The van der Waals surface area contributed by atoms with Crippen molar-refractivity contribution in [1.29, 1.82) is 0 Å². The van der Waals surface area contributed by atoms with Gasteiger partial charge in [0.15, 0.2) is 0 Å². The molecule has 26 heavy (non-hydrogen) atoms. The van der Waals surface area contributed by atoms with Crippen LogP contribution in [0, 0.1) is 0 Å². The number of phenols is 1. The average Bonchev–Trinajstić information content (AvgIpc) is 2.54. The molecule has 1 N–H and O–H groups in total. The number of aromatic hydroxyl groups is 1. The van der Waals surface area contributed by atoms with Gasteiger partial charge in [0.05, 0.1) is 6.61 Å². The third-order valence-electron chi connectivity index (χ3n) is 4.82. The van der Waals surface area contributed by atoms with Gasteiger partial charge < -0.3 is 14.2 Å². The lowest BCUT2D eigenvalue weighted by atomic mass is 9.84. The standard InChI is InChI=1S/C21H33O4P/c1-5-7-8-11-17-14-19(22)21(18-12-9-10-16(3)13-18)20(15-17)25-26(4,23)24-6-2/h13-15,18,22H,5-12H2,1-4H3/t18-,26?/m0/s1. The number of hydrogen-bond acceptors (Lipinski definition) is 4. The Balaban J connectivity index is 2.40. The van der Waals surface area contributed by atoms with Gasteiger partial charge in [-0.1, -0.05) is 31.4 Å². The van der Waals surface area contributed by atoms with Crippen LogP contribution in [0.25, 0.3) is 0 Å². The fourth-order valence-electron chi connectivity index (χ4n) is 3.62. The Morgan fingerprint density at radius 2 is 2.04 bits per heavy atom. The molecular weight excluding hydrogens is 347 g/mol. The van der Waals surface area contributed by atoms with E-state index in [1.165, 1.54) is 12.2 Å². The Morgan fingerprint density at radius 1 is 1.27 bits per heavy atom. The molecule has 0 spiro atoms. The van der Waals surface area contributed by atoms with Crippen molar-refractivity contribution in [3.63, 3.8) is 0 Å². The largest absolute Gasteiger partial charge is 0.507 e. The van der Waals surface area contributed by atoms with E-state index in [9.17, 15) is 9.67 Å². The van der Waals surface area contributed by atoms with Gasteiger partial charge in [-0.3, -0.25) is 0 Å². The van der Waals surface area contributed by atoms with Crippen LogP contribution in [0.15, 0.2) is 23.8 Å². The number of unbranched alkanes of at least 4 members (excludes halogenated alkanes) is 2. The molecule has 1 aromatic carbocycles. The Bertz CT molecular complexity index is 681. The minimum atomic E-state index is -3.21. The Morgan fingerprint density at radius 3 is 2.69 bits per heavy atom. The van der Waals surface area contributed by atoms with Crippen LogP contribution < -0.4 is 4.52 Å². The molecule has 0 heterocycles. The zero-order chi connectivity index (χ0) is 19.2. The molecule has 0 amide bonds. The Labute approximate surface area is 158 Å². The number of phenolic OH excluding ortho intramolecular Hbond substituents is 1. The van der Waals surface area contributed by atoms with Gasteiger partial charge in [-0.25, -0.2) is 4.57 Å². The minimum absolute atomic E-state index is 0.0880. The van der Waals surface area contributed by atoms with Crippen molar-refractivity contribution < 1.29 is 18.7 Å². The SMILES string of the molecule is CCCCCc1cc(O)c([C@@H]2C=C(C)CCC2)c(OP(C)(=O)OCC)c1. The van der Waals surface area contributed by atoms with Crippen molar-refractivity contribution in [2.24, 2.45) is 0 Å². The van der Waals surface area contributed by atoms with Crippen molar-refractivity contribution in [3.05, 3.63) is 34.9 Å². The van der Waals surface area contributed by atoms with Gasteiger partial charge in [-0.05, 0) is 63.6 Å². The molecule has 0 aliphatic heterocycles. The van der Waals surface area contributed by atoms with E-state index >= 15 is 0 Å². The lowest BCUT2D eigenvalue weighted by Crippen LogP contribution is -2.07. The second kappa shape index (κ2) is 9.62. The van der Waals surface area contributed by atoms with Crippen molar-refractivity contribution in [2.45, 2.75) is 71.6 Å². The number of hydrogen-bond donors (Lipinski definition) is 1. The molecule has 146 valence electrons. The smallest absolute Gasteiger partial charge is 0.376 e. The Hall–Kier alpha value is -1.25.